The molecule has 0 bridgehead atoms. The number of para-hydroxylation sites is 1. The van der Waals surface area contributed by atoms with Crippen LogP contribution in [-0.4, -0.2) is 29.0 Å². The van der Waals surface area contributed by atoms with Gasteiger partial charge in [0, 0.05) is 25.5 Å². The number of amides is 1. The van der Waals surface area contributed by atoms with Gasteiger partial charge in [-0.25, -0.2) is 4.39 Å². The summed E-state index contributed by atoms with van der Waals surface area (Å²) >= 11 is 0. The molecule has 3 rings (SSSR count). The summed E-state index contributed by atoms with van der Waals surface area (Å²) in [6.45, 7) is 3.33. The van der Waals surface area contributed by atoms with Gasteiger partial charge in [0.2, 0.25) is 0 Å². The number of benzene rings is 1. The van der Waals surface area contributed by atoms with E-state index in [-0.39, 0.29) is 11.7 Å². The molecule has 1 amide bonds. The summed E-state index contributed by atoms with van der Waals surface area (Å²) in [6.07, 6.45) is 2.88. The van der Waals surface area contributed by atoms with E-state index in [4.69, 9.17) is 0 Å². The third-order valence-corrected chi connectivity index (χ3v) is 4.17. The molecule has 20 heavy (non-hydrogen) atoms. The average molecular weight is 274 g/mol. The van der Waals surface area contributed by atoms with Gasteiger partial charge in [0.15, 0.2) is 0 Å². The Balaban J connectivity index is 2.37. The maximum Gasteiger partial charge on any atom is 0.270 e. The number of carbonyl (C=O) groups is 1. The van der Waals surface area contributed by atoms with Crippen LogP contribution in [-0.2, 0) is 13.0 Å². The van der Waals surface area contributed by atoms with Crippen LogP contribution in [0.2, 0.25) is 0 Å². The van der Waals surface area contributed by atoms with Crippen LogP contribution in [0.3, 0.4) is 0 Å². The van der Waals surface area contributed by atoms with Crippen molar-refractivity contribution in [2.24, 2.45) is 0 Å². The number of aromatic nitrogens is 1. The van der Waals surface area contributed by atoms with Crippen LogP contribution >= 0.6 is 0 Å². The second-order valence-corrected chi connectivity index (χ2v) is 5.39. The molecule has 2 aromatic rings. The van der Waals surface area contributed by atoms with E-state index in [1.54, 1.807) is 11.0 Å². The fraction of sp³-hybridized carbons (Fsp3) is 0.438. The van der Waals surface area contributed by atoms with Crippen molar-refractivity contribution < 1.29 is 9.18 Å². The summed E-state index contributed by atoms with van der Waals surface area (Å²) in [6, 6.07) is 5.12. The summed E-state index contributed by atoms with van der Waals surface area (Å²) in [4.78, 5) is 14.4. The standard InChI is InChI=1S/C16H19FN2O/c1-3-19-14-11(8-6-9-13(14)17)12-7-4-5-10-18(2)16(20)15(12)19/h6,8-9H,3-5,7,10H2,1-2H3. The zero-order valence-electron chi connectivity index (χ0n) is 11.9. The number of aryl methyl sites for hydroxylation is 2. The molecule has 0 aliphatic carbocycles. The predicted octanol–water partition coefficient (Wildman–Crippen LogP) is 3.21. The lowest BCUT2D eigenvalue weighted by Crippen LogP contribution is -2.31. The molecule has 3 nitrogen and oxygen atoms in total. The molecule has 4 heteroatoms. The molecule has 0 fully saturated rings. The van der Waals surface area contributed by atoms with Crippen LogP contribution < -0.4 is 0 Å². The van der Waals surface area contributed by atoms with Crippen LogP contribution in [0.15, 0.2) is 18.2 Å². The summed E-state index contributed by atoms with van der Waals surface area (Å²) < 4.78 is 16.0. The van der Waals surface area contributed by atoms with Crippen LogP contribution in [0.4, 0.5) is 4.39 Å². The smallest absolute Gasteiger partial charge is 0.270 e. The Morgan fingerprint density at radius 1 is 1.30 bits per heavy atom. The van der Waals surface area contributed by atoms with E-state index in [0.717, 1.165) is 36.8 Å². The molecule has 0 unspecified atom stereocenters. The minimum atomic E-state index is -0.244. The molecule has 0 spiro atoms. The molecular weight excluding hydrogens is 255 g/mol. The number of hydrogen-bond acceptors (Lipinski definition) is 1. The SMILES string of the molecule is CCn1c2c(c3cccc(F)c31)CCCCN(C)C2=O. The molecule has 1 aromatic heterocycles. The van der Waals surface area contributed by atoms with Gasteiger partial charge in [-0.1, -0.05) is 12.1 Å². The van der Waals surface area contributed by atoms with Crippen LogP contribution in [0, 0.1) is 5.82 Å². The maximum absolute atomic E-state index is 14.2. The Bertz CT molecular complexity index is 675. The van der Waals surface area contributed by atoms with Crippen molar-refractivity contribution >= 4 is 16.8 Å². The zero-order chi connectivity index (χ0) is 14.3. The van der Waals surface area contributed by atoms with Gasteiger partial charge >= 0.3 is 0 Å². The van der Waals surface area contributed by atoms with Gasteiger partial charge < -0.3 is 9.47 Å². The Morgan fingerprint density at radius 3 is 2.85 bits per heavy atom. The van der Waals surface area contributed by atoms with Gasteiger partial charge in [0.1, 0.15) is 11.5 Å². The van der Waals surface area contributed by atoms with Crippen molar-refractivity contribution in [2.75, 3.05) is 13.6 Å². The van der Waals surface area contributed by atoms with Crippen LogP contribution in [0.1, 0.15) is 35.8 Å². The predicted molar refractivity (Wildman–Crippen MR) is 77.5 cm³/mol. The quantitative estimate of drug-likeness (QED) is 0.784. The molecule has 0 radical (unpaired) electrons. The highest BCUT2D eigenvalue weighted by Crippen LogP contribution is 2.31. The highest BCUT2D eigenvalue weighted by Gasteiger charge is 2.26. The molecule has 0 saturated carbocycles. The first-order valence-corrected chi connectivity index (χ1v) is 7.20. The van der Waals surface area contributed by atoms with Gasteiger partial charge in [-0.15, -0.1) is 0 Å². The second-order valence-electron chi connectivity index (χ2n) is 5.39. The van der Waals surface area contributed by atoms with Gasteiger partial charge in [-0.2, -0.15) is 0 Å². The first-order valence-electron chi connectivity index (χ1n) is 7.20. The Labute approximate surface area is 118 Å². The molecule has 0 atom stereocenters. The summed E-state index contributed by atoms with van der Waals surface area (Å²) in [5.74, 6) is -0.233. The van der Waals surface area contributed by atoms with Crippen LogP contribution in [0.5, 0.6) is 0 Å². The zero-order valence-corrected chi connectivity index (χ0v) is 11.9. The van der Waals surface area contributed by atoms with E-state index in [1.165, 1.54) is 6.07 Å². The monoisotopic (exact) mass is 274 g/mol. The molecule has 0 saturated heterocycles. The van der Waals surface area contributed by atoms with E-state index in [2.05, 4.69) is 0 Å². The Kier molecular flexibility index (Phi) is 3.24. The number of fused-ring (bicyclic) bond motifs is 3. The highest BCUT2D eigenvalue weighted by molar-refractivity contribution is 6.02. The largest absolute Gasteiger partial charge is 0.340 e. The van der Waals surface area contributed by atoms with E-state index in [0.29, 0.717) is 17.8 Å². The molecule has 1 aliphatic heterocycles. The Morgan fingerprint density at radius 2 is 2.10 bits per heavy atom. The summed E-state index contributed by atoms with van der Waals surface area (Å²) in [7, 11) is 1.82. The van der Waals surface area contributed by atoms with Gasteiger partial charge in [0.25, 0.3) is 5.91 Å². The number of nitrogens with zero attached hydrogens (tertiary/aromatic N) is 2. The van der Waals surface area contributed by atoms with E-state index in [1.807, 2.05) is 24.6 Å². The molecule has 0 N–H and O–H groups in total. The topological polar surface area (TPSA) is 25.2 Å². The average Bonchev–Trinajstić information content (AvgIpc) is 2.76. The van der Waals surface area contributed by atoms with Gasteiger partial charge in [-0.05, 0) is 37.8 Å². The lowest BCUT2D eigenvalue weighted by molar-refractivity contribution is 0.0777. The Hall–Kier alpha value is -1.84. The number of halogens is 1. The number of rotatable bonds is 1. The van der Waals surface area contributed by atoms with Crippen molar-refractivity contribution in [2.45, 2.75) is 32.7 Å². The van der Waals surface area contributed by atoms with Gasteiger partial charge in [0.05, 0.1) is 5.52 Å². The molecule has 2 heterocycles. The third kappa shape index (κ3) is 1.82. The summed E-state index contributed by atoms with van der Waals surface area (Å²) in [5, 5.41) is 0.894. The second kappa shape index (κ2) is 4.93. The lowest BCUT2D eigenvalue weighted by atomic mass is 10.0. The minimum absolute atomic E-state index is 0.0113. The van der Waals surface area contributed by atoms with E-state index >= 15 is 0 Å². The molecule has 1 aromatic carbocycles. The van der Waals surface area contributed by atoms with E-state index in [9.17, 15) is 9.18 Å². The minimum Gasteiger partial charge on any atom is -0.340 e. The normalized spacial score (nSPS) is 16.1. The maximum atomic E-state index is 14.2. The first-order chi connectivity index (χ1) is 9.65. The molecular formula is C16H19FN2O. The number of carbonyl (C=O) groups excluding carboxylic acids is 1. The summed E-state index contributed by atoms with van der Waals surface area (Å²) in [5.41, 5.74) is 2.26. The van der Waals surface area contributed by atoms with Gasteiger partial charge in [-0.3, -0.25) is 4.79 Å². The first kappa shape index (κ1) is 13.2. The fourth-order valence-electron chi connectivity index (χ4n) is 3.18. The molecule has 106 valence electrons. The van der Waals surface area contributed by atoms with E-state index < -0.39 is 0 Å². The van der Waals surface area contributed by atoms with Crippen LogP contribution in [0.25, 0.3) is 10.9 Å². The van der Waals surface area contributed by atoms with Crippen molar-refractivity contribution in [3.63, 3.8) is 0 Å². The lowest BCUT2D eigenvalue weighted by Gasteiger charge is -2.22. The molecule has 1 aliphatic rings. The highest BCUT2D eigenvalue weighted by atomic mass is 19.1. The van der Waals surface area contributed by atoms with Crippen molar-refractivity contribution in [3.8, 4) is 0 Å². The number of hydrogen-bond donors (Lipinski definition) is 0. The van der Waals surface area contributed by atoms with Crippen molar-refractivity contribution in [3.05, 3.63) is 35.3 Å². The fourth-order valence-corrected chi connectivity index (χ4v) is 3.18. The van der Waals surface area contributed by atoms with Crippen molar-refractivity contribution in [1.82, 2.24) is 9.47 Å². The third-order valence-electron chi connectivity index (χ3n) is 4.17. The van der Waals surface area contributed by atoms with Crippen molar-refractivity contribution in [1.29, 1.82) is 0 Å².